The molecule has 1 aromatic carbocycles. The summed E-state index contributed by atoms with van der Waals surface area (Å²) in [7, 11) is 0. The van der Waals surface area contributed by atoms with Crippen molar-refractivity contribution in [2.24, 2.45) is 0 Å². The van der Waals surface area contributed by atoms with Gasteiger partial charge in [-0.15, -0.1) is 0 Å². The first-order valence-electron chi connectivity index (χ1n) is 9.33. The number of hydroxylamine groups is 1. The Morgan fingerprint density at radius 3 is 2.48 bits per heavy atom. The molecule has 11 heteroatoms. The first kappa shape index (κ1) is 23.9. The topological polar surface area (TPSA) is 104 Å². The third-order valence-corrected chi connectivity index (χ3v) is 4.77. The van der Waals surface area contributed by atoms with Gasteiger partial charge in [0.1, 0.15) is 5.69 Å². The van der Waals surface area contributed by atoms with Crippen LogP contribution >= 0.6 is 11.6 Å². The minimum Gasteiger partial charge on any atom is -0.322 e. The normalized spacial score (nSPS) is 11.5. The van der Waals surface area contributed by atoms with Crippen LogP contribution in [0.5, 0.6) is 0 Å². The van der Waals surface area contributed by atoms with E-state index >= 15 is 0 Å². The molecule has 7 nitrogen and oxygen atoms in total. The molecule has 0 spiro atoms. The van der Waals surface area contributed by atoms with Crippen LogP contribution in [0.4, 0.5) is 18.9 Å². The van der Waals surface area contributed by atoms with E-state index in [2.05, 4.69) is 15.3 Å². The van der Waals surface area contributed by atoms with Crippen LogP contribution in [-0.2, 0) is 11.0 Å². The molecule has 0 aliphatic heterocycles. The van der Waals surface area contributed by atoms with E-state index in [0.29, 0.717) is 27.5 Å². The lowest BCUT2D eigenvalue weighted by molar-refractivity contribution is -0.141. The van der Waals surface area contributed by atoms with Crippen molar-refractivity contribution in [3.05, 3.63) is 82.3 Å². The molecule has 33 heavy (non-hydrogen) atoms. The number of aromatic nitrogens is 2. The number of pyridine rings is 2. The summed E-state index contributed by atoms with van der Waals surface area (Å²) < 4.78 is 38.4. The quantitative estimate of drug-likeness (QED) is 0.276. The smallest absolute Gasteiger partial charge is 0.322 e. The lowest BCUT2D eigenvalue weighted by atomic mass is 10.1. The van der Waals surface area contributed by atoms with Crippen molar-refractivity contribution in [1.29, 1.82) is 0 Å². The summed E-state index contributed by atoms with van der Waals surface area (Å²) in [5.41, 5.74) is 2.26. The van der Waals surface area contributed by atoms with E-state index in [9.17, 15) is 22.8 Å². The van der Waals surface area contributed by atoms with E-state index in [-0.39, 0.29) is 11.3 Å². The lowest BCUT2D eigenvalue weighted by Crippen LogP contribution is -2.16. The number of nitrogens with zero attached hydrogens (tertiary/aromatic N) is 2. The zero-order chi connectivity index (χ0) is 24.2. The summed E-state index contributed by atoms with van der Waals surface area (Å²) in [5.74, 6) is -1.32. The Balaban J connectivity index is 1.81. The molecule has 0 fully saturated rings. The number of hydrogen-bond donors (Lipinski definition) is 3. The first-order chi connectivity index (χ1) is 15.6. The second kappa shape index (κ2) is 9.80. The van der Waals surface area contributed by atoms with Crippen molar-refractivity contribution < 1.29 is 28.0 Å². The van der Waals surface area contributed by atoms with Crippen molar-refractivity contribution in [3.8, 4) is 11.3 Å². The van der Waals surface area contributed by atoms with Gasteiger partial charge in [0, 0.05) is 23.5 Å². The summed E-state index contributed by atoms with van der Waals surface area (Å²) in [5, 5.41) is 11.5. The summed E-state index contributed by atoms with van der Waals surface area (Å²) in [6.45, 7) is 1.32. The molecular formula is C22H16ClF3N4O3. The Kier molecular flexibility index (Phi) is 7.10. The molecule has 3 aromatic rings. The summed E-state index contributed by atoms with van der Waals surface area (Å²) in [6, 6.07) is 9.80. The Hall–Kier alpha value is -3.76. The zero-order valence-electron chi connectivity index (χ0n) is 16.9. The van der Waals surface area contributed by atoms with Gasteiger partial charge in [-0.25, -0.2) is 10.5 Å². The minimum absolute atomic E-state index is 0.000631. The van der Waals surface area contributed by atoms with Crippen molar-refractivity contribution in [2.45, 2.75) is 13.1 Å². The third-order valence-electron chi connectivity index (χ3n) is 4.44. The predicted molar refractivity (Wildman–Crippen MR) is 116 cm³/mol. The molecule has 0 atom stereocenters. The number of carbonyl (C=O) groups excluding carboxylic acids is 2. The number of amides is 2. The average Bonchev–Trinajstić information content (AvgIpc) is 2.78. The number of anilines is 1. The van der Waals surface area contributed by atoms with Gasteiger partial charge in [0.25, 0.3) is 11.8 Å². The van der Waals surface area contributed by atoms with Crippen molar-refractivity contribution >= 4 is 35.2 Å². The van der Waals surface area contributed by atoms with Crippen molar-refractivity contribution in [1.82, 2.24) is 15.4 Å². The average molecular weight is 477 g/mol. The second-order valence-corrected chi connectivity index (χ2v) is 7.17. The number of carbonyl (C=O) groups is 2. The van der Waals surface area contributed by atoms with Crippen LogP contribution in [0.2, 0.25) is 5.02 Å². The van der Waals surface area contributed by atoms with E-state index < -0.39 is 23.7 Å². The Bertz CT molecular complexity index is 1230. The third kappa shape index (κ3) is 5.93. The molecule has 0 saturated heterocycles. The standard InChI is InChI=1S/C22H16ClF3N4O3/c1-12-15(5-8-19(28-12)22(24,25)26)21(32)29-14-4-6-17(23)16(10-14)18-7-2-13(11-27-18)3-9-20(31)30-33/h2-11,33H,1H3,(H,29,32)(H,30,31)/b9-3+. The number of benzene rings is 1. The van der Waals surface area contributed by atoms with Crippen LogP contribution in [0.25, 0.3) is 17.3 Å². The van der Waals surface area contributed by atoms with Gasteiger partial charge < -0.3 is 5.32 Å². The summed E-state index contributed by atoms with van der Waals surface area (Å²) in [4.78, 5) is 31.4. The molecule has 3 rings (SSSR count). The fourth-order valence-electron chi connectivity index (χ4n) is 2.83. The highest BCUT2D eigenvalue weighted by Crippen LogP contribution is 2.31. The van der Waals surface area contributed by atoms with Gasteiger partial charge in [-0.05, 0) is 55.0 Å². The minimum atomic E-state index is -4.60. The van der Waals surface area contributed by atoms with Crippen molar-refractivity contribution in [3.63, 3.8) is 0 Å². The molecule has 0 aliphatic rings. The number of nitrogens with one attached hydrogen (secondary N) is 2. The summed E-state index contributed by atoms with van der Waals surface area (Å²) in [6.07, 6.45) is -0.553. The van der Waals surface area contributed by atoms with E-state index in [1.807, 2.05) is 0 Å². The number of alkyl halides is 3. The SMILES string of the molecule is Cc1nc(C(F)(F)F)ccc1C(=O)Nc1ccc(Cl)c(-c2ccc(/C=C/C(=O)NO)cn2)c1. The maximum Gasteiger partial charge on any atom is 0.433 e. The van der Waals surface area contributed by atoms with Crippen LogP contribution in [0.15, 0.2) is 54.7 Å². The Labute approximate surface area is 190 Å². The number of rotatable bonds is 5. The maximum absolute atomic E-state index is 12.8. The highest BCUT2D eigenvalue weighted by molar-refractivity contribution is 6.33. The van der Waals surface area contributed by atoms with E-state index in [0.717, 1.165) is 18.2 Å². The first-order valence-corrected chi connectivity index (χ1v) is 9.70. The number of halogens is 4. The fraction of sp³-hybridized carbons (Fsp3) is 0.0909. The molecule has 0 radical (unpaired) electrons. The van der Waals surface area contributed by atoms with Crippen LogP contribution in [0.3, 0.4) is 0 Å². The van der Waals surface area contributed by atoms with Gasteiger partial charge >= 0.3 is 6.18 Å². The molecule has 0 saturated carbocycles. The monoisotopic (exact) mass is 476 g/mol. The van der Waals surface area contributed by atoms with Crippen molar-refractivity contribution in [2.75, 3.05) is 5.32 Å². The lowest BCUT2D eigenvalue weighted by Gasteiger charge is -2.12. The molecule has 0 unspecified atom stereocenters. The summed E-state index contributed by atoms with van der Waals surface area (Å²) >= 11 is 6.27. The molecule has 2 aromatic heterocycles. The van der Waals surface area contributed by atoms with Crippen LogP contribution in [0, 0.1) is 6.92 Å². The second-order valence-electron chi connectivity index (χ2n) is 6.76. The van der Waals surface area contributed by atoms with Gasteiger partial charge in [0.2, 0.25) is 0 Å². The molecular weight excluding hydrogens is 461 g/mol. The van der Waals surface area contributed by atoms with E-state index in [1.54, 1.807) is 30.3 Å². The fourth-order valence-corrected chi connectivity index (χ4v) is 3.04. The van der Waals surface area contributed by atoms with Crippen LogP contribution in [-0.4, -0.2) is 27.0 Å². The Morgan fingerprint density at radius 1 is 1.12 bits per heavy atom. The molecule has 0 aliphatic carbocycles. The molecule has 2 amide bonds. The maximum atomic E-state index is 12.8. The highest BCUT2D eigenvalue weighted by Gasteiger charge is 2.33. The van der Waals surface area contributed by atoms with E-state index in [1.165, 1.54) is 24.7 Å². The number of hydrogen-bond acceptors (Lipinski definition) is 5. The van der Waals surface area contributed by atoms with Crippen LogP contribution < -0.4 is 10.8 Å². The van der Waals surface area contributed by atoms with E-state index in [4.69, 9.17) is 16.8 Å². The van der Waals surface area contributed by atoms with Gasteiger partial charge in [-0.2, -0.15) is 13.2 Å². The number of aryl methyl sites for hydroxylation is 1. The molecule has 3 N–H and O–H groups in total. The Morgan fingerprint density at radius 2 is 1.88 bits per heavy atom. The van der Waals surface area contributed by atoms with Gasteiger partial charge in [0.05, 0.1) is 22.0 Å². The van der Waals surface area contributed by atoms with Gasteiger partial charge in [-0.1, -0.05) is 17.7 Å². The highest BCUT2D eigenvalue weighted by atomic mass is 35.5. The molecule has 0 bridgehead atoms. The van der Waals surface area contributed by atoms with Gasteiger partial charge in [0.15, 0.2) is 0 Å². The zero-order valence-corrected chi connectivity index (χ0v) is 17.7. The molecule has 2 heterocycles. The van der Waals surface area contributed by atoms with Gasteiger partial charge in [-0.3, -0.25) is 19.8 Å². The molecule has 170 valence electrons. The predicted octanol–water partition coefficient (Wildman–Crippen LogP) is 4.90. The van der Waals surface area contributed by atoms with Crippen LogP contribution in [0.1, 0.15) is 27.3 Å². The largest absolute Gasteiger partial charge is 0.433 e.